The fraction of sp³-hybridized carbons (Fsp3) is 0.190. The summed E-state index contributed by atoms with van der Waals surface area (Å²) in [5.41, 5.74) is 3.82. The molecule has 0 N–H and O–H groups in total. The van der Waals surface area contributed by atoms with Crippen molar-refractivity contribution in [2.24, 2.45) is 10.2 Å². The van der Waals surface area contributed by atoms with Crippen molar-refractivity contribution in [3.05, 3.63) is 84.1 Å². The van der Waals surface area contributed by atoms with Crippen molar-refractivity contribution in [1.82, 2.24) is 0 Å². The van der Waals surface area contributed by atoms with Crippen LogP contribution in [0.2, 0.25) is 0 Å². The highest BCUT2D eigenvalue weighted by molar-refractivity contribution is 5.50. The van der Waals surface area contributed by atoms with Gasteiger partial charge in [-0.25, -0.2) is 0 Å². The minimum atomic E-state index is 0.266. The number of carbonyl (C=O) groups excluding carboxylic acids is 1. The Balaban J connectivity index is 1.53. The Labute approximate surface area is 153 Å². The minimum Gasteiger partial charge on any atom is -0.465 e. The summed E-state index contributed by atoms with van der Waals surface area (Å²) < 4.78 is 9.97. The molecular weight excluding hydrogens is 328 g/mol. The van der Waals surface area contributed by atoms with Crippen LogP contribution in [0.3, 0.4) is 0 Å². The van der Waals surface area contributed by atoms with Gasteiger partial charge in [-0.15, -0.1) is 0 Å². The van der Waals surface area contributed by atoms with E-state index in [1.165, 1.54) is 11.5 Å². The molecule has 3 rings (SSSR count). The van der Waals surface area contributed by atoms with Crippen LogP contribution in [0.5, 0.6) is 0 Å². The first-order valence-electron chi connectivity index (χ1n) is 8.45. The molecule has 26 heavy (non-hydrogen) atoms. The second-order valence-electron chi connectivity index (χ2n) is 5.76. The summed E-state index contributed by atoms with van der Waals surface area (Å²) in [5.74, 6) is 1.30. The summed E-state index contributed by atoms with van der Waals surface area (Å²) in [7, 11) is 0. The molecular formula is C21H20N2O3. The lowest BCUT2D eigenvalue weighted by atomic mass is 9.97. The fourth-order valence-corrected chi connectivity index (χ4v) is 2.55. The molecule has 0 aromatic heterocycles. The van der Waals surface area contributed by atoms with Gasteiger partial charge >= 0.3 is 0 Å². The SMILES string of the molecule is O=COCCOCc1ccc(N=Nc2cccc([C]3[CH]C=CC3)c2)cc1. The van der Waals surface area contributed by atoms with E-state index in [1.54, 1.807) is 0 Å². The van der Waals surface area contributed by atoms with Gasteiger partial charge in [0.25, 0.3) is 6.47 Å². The highest BCUT2D eigenvalue weighted by Gasteiger charge is 2.13. The largest absolute Gasteiger partial charge is 0.465 e. The molecule has 0 fully saturated rings. The average Bonchev–Trinajstić information content (AvgIpc) is 3.22. The topological polar surface area (TPSA) is 60.2 Å². The van der Waals surface area contributed by atoms with Gasteiger partial charge in [-0.3, -0.25) is 4.79 Å². The molecule has 1 aliphatic carbocycles. The van der Waals surface area contributed by atoms with Crippen molar-refractivity contribution in [3.8, 4) is 0 Å². The quantitative estimate of drug-likeness (QED) is 0.369. The van der Waals surface area contributed by atoms with E-state index in [-0.39, 0.29) is 6.61 Å². The smallest absolute Gasteiger partial charge is 0.293 e. The minimum absolute atomic E-state index is 0.266. The maximum Gasteiger partial charge on any atom is 0.293 e. The number of hydrogen-bond donors (Lipinski definition) is 0. The Morgan fingerprint density at radius 3 is 2.62 bits per heavy atom. The second kappa shape index (κ2) is 9.63. The van der Waals surface area contributed by atoms with E-state index in [2.05, 4.69) is 39.6 Å². The average molecular weight is 348 g/mol. The lowest BCUT2D eigenvalue weighted by Crippen LogP contribution is -2.02. The molecule has 0 saturated heterocycles. The van der Waals surface area contributed by atoms with Crippen LogP contribution < -0.4 is 0 Å². The van der Waals surface area contributed by atoms with Gasteiger partial charge in [-0.2, -0.15) is 10.2 Å². The maximum atomic E-state index is 10.0. The van der Waals surface area contributed by atoms with Crippen LogP contribution in [0.4, 0.5) is 11.4 Å². The molecule has 1 aliphatic rings. The zero-order valence-electron chi connectivity index (χ0n) is 14.4. The molecule has 0 unspecified atom stereocenters. The van der Waals surface area contributed by atoms with Gasteiger partial charge in [-0.05, 0) is 48.2 Å². The van der Waals surface area contributed by atoms with Crippen LogP contribution in [-0.4, -0.2) is 19.7 Å². The lowest BCUT2D eigenvalue weighted by Gasteiger charge is -2.08. The summed E-state index contributed by atoms with van der Waals surface area (Å²) in [6.07, 6.45) is 7.31. The fourth-order valence-electron chi connectivity index (χ4n) is 2.55. The molecule has 0 amide bonds. The summed E-state index contributed by atoms with van der Waals surface area (Å²) in [6.45, 7) is 1.52. The summed E-state index contributed by atoms with van der Waals surface area (Å²) in [5, 5.41) is 8.63. The molecule has 2 radical (unpaired) electrons. The van der Waals surface area contributed by atoms with E-state index in [0.29, 0.717) is 19.7 Å². The number of ether oxygens (including phenoxy) is 2. The number of nitrogens with zero attached hydrogens (tertiary/aromatic N) is 2. The van der Waals surface area contributed by atoms with Gasteiger partial charge in [0.15, 0.2) is 0 Å². The van der Waals surface area contributed by atoms with Crippen molar-refractivity contribution in [2.45, 2.75) is 13.0 Å². The third kappa shape index (κ3) is 5.36. The number of rotatable bonds is 9. The molecule has 2 aromatic rings. The summed E-state index contributed by atoms with van der Waals surface area (Å²) in [4.78, 5) is 10.0. The Morgan fingerprint density at radius 1 is 1.00 bits per heavy atom. The zero-order valence-corrected chi connectivity index (χ0v) is 14.4. The summed E-state index contributed by atoms with van der Waals surface area (Å²) >= 11 is 0. The standard InChI is InChI=1S/C21H20N2O3/c24-16-26-13-12-25-15-17-8-10-20(11-9-17)22-23-21-7-3-6-19(14-21)18-4-1-2-5-18/h1-4,6-11,14,16H,5,12-13,15H2. The molecule has 132 valence electrons. The van der Waals surface area contributed by atoms with E-state index in [9.17, 15) is 4.79 Å². The van der Waals surface area contributed by atoms with Gasteiger partial charge in [-0.1, -0.05) is 36.4 Å². The number of allylic oxidation sites excluding steroid dienone is 2. The number of carbonyl (C=O) groups is 1. The van der Waals surface area contributed by atoms with Gasteiger partial charge in [0.2, 0.25) is 0 Å². The molecule has 0 bridgehead atoms. The van der Waals surface area contributed by atoms with Crippen molar-refractivity contribution in [1.29, 1.82) is 0 Å². The summed E-state index contributed by atoms with van der Waals surface area (Å²) in [6, 6.07) is 15.8. The maximum absolute atomic E-state index is 10.0. The van der Waals surface area contributed by atoms with Crippen LogP contribution in [-0.2, 0) is 20.9 Å². The van der Waals surface area contributed by atoms with Crippen molar-refractivity contribution < 1.29 is 14.3 Å². The Hall–Kier alpha value is -2.79. The Bertz CT molecular complexity index is 761. The van der Waals surface area contributed by atoms with Crippen LogP contribution >= 0.6 is 0 Å². The molecule has 0 spiro atoms. The predicted octanol–water partition coefficient (Wildman–Crippen LogP) is 4.88. The van der Waals surface area contributed by atoms with Crippen molar-refractivity contribution in [3.63, 3.8) is 0 Å². The van der Waals surface area contributed by atoms with Crippen molar-refractivity contribution >= 4 is 17.8 Å². The van der Waals surface area contributed by atoms with Gasteiger partial charge in [0, 0.05) is 5.92 Å². The first kappa shape index (κ1) is 18.0. The lowest BCUT2D eigenvalue weighted by molar-refractivity contribution is -0.130. The van der Waals surface area contributed by atoms with Gasteiger partial charge in [0.1, 0.15) is 6.61 Å². The molecule has 0 saturated carbocycles. The third-order valence-corrected chi connectivity index (χ3v) is 3.89. The van der Waals surface area contributed by atoms with Crippen LogP contribution in [0.15, 0.2) is 70.9 Å². The molecule has 5 heteroatoms. The normalized spacial score (nSPS) is 14.2. The molecule has 5 nitrogen and oxygen atoms in total. The molecule has 0 aliphatic heterocycles. The van der Waals surface area contributed by atoms with Crippen LogP contribution in [0, 0.1) is 12.3 Å². The Kier molecular flexibility index (Phi) is 6.67. The number of hydrogen-bond acceptors (Lipinski definition) is 5. The van der Waals surface area contributed by atoms with Gasteiger partial charge < -0.3 is 9.47 Å². The van der Waals surface area contributed by atoms with Crippen LogP contribution in [0.1, 0.15) is 17.5 Å². The van der Waals surface area contributed by atoms with E-state index in [0.717, 1.165) is 23.4 Å². The first-order valence-corrected chi connectivity index (χ1v) is 8.45. The second-order valence-corrected chi connectivity index (χ2v) is 5.76. The van der Waals surface area contributed by atoms with E-state index < -0.39 is 0 Å². The first-order chi connectivity index (χ1) is 12.8. The highest BCUT2D eigenvalue weighted by atomic mass is 16.5. The van der Waals surface area contributed by atoms with Crippen LogP contribution in [0.25, 0.3) is 0 Å². The van der Waals surface area contributed by atoms with E-state index in [1.807, 2.05) is 42.5 Å². The Morgan fingerprint density at radius 2 is 1.85 bits per heavy atom. The van der Waals surface area contributed by atoms with E-state index in [4.69, 9.17) is 4.74 Å². The van der Waals surface area contributed by atoms with E-state index >= 15 is 0 Å². The van der Waals surface area contributed by atoms with Crippen molar-refractivity contribution in [2.75, 3.05) is 13.2 Å². The number of benzene rings is 2. The molecule has 0 heterocycles. The molecule has 0 atom stereocenters. The zero-order chi connectivity index (χ0) is 18.0. The van der Waals surface area contributed by atoms with Gasteiger partial charge in [0.05, 0.1) is 24.6 Å². The third-order valence-electron chi connectivity index (χ3n) is 3.89. The molecule has 2 aromatic carbocycles. The predicted molar refractivity (Wildman–Crippen MR) is 99.1 cm³/mol. The monoisotopic (exact) mass is 348 g/mol. The number of azo groups is 1. The highest BCUT2D eigenvalue weighted by Crippen LogP contribution is 2.30.